The van der Waals surface area contributed by atoms with Crippen LogP contribution in [-0.2, 0) is 14.9 Å². The molecule has 2 aromatic rings. The second-order valence-electron chi connectivity index (χ2n) is 6.90. The van der Waals surface area contributed by atoms with Crippen molar-refractivity contribution >= 4 is 17.4 Å². The number of allylic oxidation sites excluding steroid dienone is 1. The second kappa shape index (κ2) is 6.95. The molecule has 0 aliphatic carbocycles. The van der Waals surface area contributed by atoms with Gasteiger partial charge in [0.2, 0.25) is 0 Å². The van der Waals surface area contributed by atoms with Crippen molar-refractivity contribution in [3.63, 3.8) is 0 Å². The average molecular weight is 371 g/mol. The molecule has 0 N–H and O–H groups in total. The topological polar surface area (TPSA) is 46.6 Å². The summed E-state index contributed by atoms with van der Waals surface area (Å²) in [6.45, 7) is 3.49. The van der Waals surface area contributed by atoms with Crippen molar-refractivity contribution in [3.05, 3.63) is 77.0 Å². The maximum atomic E-state index is 13.6. The summed E-state index contributed by atoms with van der Waals surface area (Å²) in [6.07, 6.45) is 1.44. The summed E-state index contributed by atoms with van der Waals surface area (Å²) in [5, 5.41) is 0. The molecule has 27 heavy (non-hydrogen) atoms. The number of carbonyl (C=O) groups excluding carboxylic acids is 2. The molecule has 4 nitrogen and oxygen atoms in total. The second-order valence-corrected chi connectivity index (χ2v) is 6.90. The number of benzene rings is 2. The number of halogens is 2. The normalized spacial score (nSPS) is 16.3. The molecule has 6 heteroatoms. The monoisotopic (exact) mass is 371 g/mol. The molecule has 1 aliphatic rings. The summed E-state index contributed by atoms with van der Waals surface area (Å²) in [4.78, 5) is 26.2. The molecule has 0 bridgehead atoms. The molecule has 140 valence electrons. The predicted molar refractivity (Wildman–Crippen MR) is 97.6 cm³/mol. The van der Waals surface area contributed by atoms with Gasteiger partial charge in [-0.1, -0.05) is 32.0 Å². The van der Waals surface area contributed by atoms with E-state index in [-0.39, 0.29) is 5.41 Å². The van der Waals surface area contributed by atoms with Crippen LogP contribution in [0.3, 0.4) is 0 Å². The van der Waals surface area contributed by atoms with Crippen molar-refractivity contribution in [1.82, 2.24) is 0 Å². The van der Waals surface area contributed by atoms with E-state index in [0.29, 0.717) is 6.07 Å². The Morgan fingerprint density at radius 3 is 2.52 bits per heavy atom. The Morgan fingerprint density at radius 2 is 1.85 bits per heavy atom. The van der Waals surface area contributed by atoms with Crippen LogP contribution in [0.15, 0.2) is 54.2 Å². The molecular formula is C21H19F2NO3. The highest BCUT2D eigenvalue weighted by molar-refractivity contribution is 5.96. The molecule has 0 saturated heterocycles. The third-order valence-electron chi connectivity index (χ3n) is 4.73. The third-order valence-corrected chi connectivity index (χ3v) is 4.73. The number of fused-ring (bicyclic) bond motifs is 1. The molecule has 0 atom stereocenters. The number of carbonyl (C=O) groups is 2. The van der Waals surface area contributed by atoms with Gasteiger partial charge in [-0.3, -0.25) is 4.79 Å². The molecule has 2 aromatic carbocycles. The minimum absolute atomic E-state index is 0.381. The summed E-state index contributed by atoms with van der Waals surface area (Å²) in [5.74, 6) is -3.26. The molecular weight excluding hydrogens is 352 g/mol. The molecule has 0 amide bonds. The van der Waals surface area contributed by atoms with E-state index in [0.717, 1.165) is 29.1 Å². The van der Waals surface area contributed by atoms with E-state index >= 15 is 0 Å². The number of nitrogens with zero attached hydrogens (tertiary/aromatic N) is 1. The first kappa shape index (κ1) is 18.8. The van der Waals surface area contributed by atoms with Crippen LogP contribution in [0.1, 0.15) is 29.8 Å². The number of anilines is 1. The number of hydrogen-bond acceptors (Lipinski definition) is 4. The SMILES string of the molecule is CN1/C(=C\C(=O)COC(=O)c2ccc(F)cc2F)C(C)(C)c2ccccc21. The van der Waals surface area contributed by atoms with E-state index < -0.39 is 35.6 Å². The lowest BCUT2D eigenvalue weighted by Crippen LogP contribution is -2.25. The van der Waals surface area contributed by atoms with Gasteiger partial charge < -0.3 is 9.64 Å². The fourth-order valence-corrected chi connectivity index (χ4v) is 3.32. The molecule has 0 aromatic heterocycles. The number of para-hydroxylation sites is 1. The Bertz CT molecular complexity index is 950. The quantitative estimate of drug-likeness (QED) is 0.602. The Kier molecular flexibility index (Phi) is 4.83. The van der Waals surface area contributed by atoms with E-state index in [1.165, 1.54) is 6.08 Å². The lowest BCUT2D eigenvalue weighted by Gasteiger charge is -2.23. The van der Waals surface area contributed by atoms with Crippen LogP contribution >= 0.6 is 0 Å². The van der Waals surface area contributed by atoms with Gasteiger partial charge in [-0.25, -0.2) is 13.6 Å². The fraction of sp³-hybridized carbons (Fsp3) is 0.238. The largest absolute Gasteiger partial charge is 0.454 e. The summed E-state index contributed by atoms with van der Waals surface area (Å²) in [5.41, 5.74) is 2.08. The minimum Gasteiger partial charge on any atom is -0.454 e. The van der Waals surface area contributed by atoms with Gasteiger partial charge in [0.05, 0.1) is 5.56 Å². The van der Waals surface area contributed by atoms with Gasteiger partial charge in [0, 0.05) is 36.0 Å². The molecule has 1 aliphatic heterocycles. The predicted octanol–water partition coefficient (Wildman–Crippen LogP) is 4.00. The standard InChI is InChI=1S/C21H19F2NO3/c1-21(2)16-6-4-5-7-18(16)24(3)19(21)11-14(25)12-27-20(26)15-9-8-13(22)10-17(15)23/h4-11H,12H2,1-3H3/b19-11-. The summed E-state index contributed by atoms with van der Waals surface area (Å²) >= 11 is 0. The molecule has 3 rings (SSSR count). The van der Waals surface area contributed by atoms with Crippen molar-refractivity contribution in [3.8, 4) is 0 Å². The molecule has 0 unspecified atom stereocenters. The molecule has 1 heterocycles. The number of esters is 1. The highest BCUT2D eigenvalue weighted by Crippen LogP contribution is 2.46. The Labute approximate surface area is 156 Å². The Morgan fingerprint density at radius 1 is 1.15 bits per heavy atom. The highest BCUT2D eigenvalue weighted by atomic mass is 19.1. The first-order valence-corrected chi connectivity index (χ1v) is 8.42. The number of likely N-dealkylation sites (N-methyl/N-ethyl adjacent to an activating group) is 1. The maximum Gasteiger partial charge on any atom is 0.341 e. The van der Waals surface area contributed by atoms with E-state index in [1.54, 1.807) is 0 Å². The van der Waals surface area contributed by atoms with Crippen molar-refractivity contribution in [1.29, 1.82) is 0 Å². The first-order chi connectivity index (χ1) is 12.7. The smallest absolute Gasteiger partial charge is 0.341 e. The molecule has 0 spiro atoms. The van der Waals surface area contributed by atoms with E-state index in [4.69, 9.17) is 4.74 Å². The number of rotatable bonds is 4. The zero-order chi connectivity index (χ0) is 19.8. The number of hydrogen-bond donors (Lipinski definition) is 0. The van der Waals surface area contributed by atoms with Gasteiger partial charge in [-0.15, -0.1) is 0 Å². The van der Waals surface area contributed by atoms with Crippen molar-refractivity contribution in [2.24, 2.45) is 0 Å². The van der Waals surface area contributed by atoms with Crippen molar-refractivity contribution < 1.29 is 23.1 Å². The maximum absolute atomic E-state index is 13.6. The zero-order valence-electron chi connectivity index (χ0n) is 15.3. The van der Waals surface area contributed by atoms with Crippen LogP contribution < -0.4 is 4.90 Å². The first-order valence-electron chi connectivity index (χ1n) is 8.42. The van der Waals surface area contributed by atoms with Gasteiger partial charge in [0.15, 0.2) is 12.4 Å². The zero-order valence-corrected chi connectivity index (χ0v) is 15.3. The Balaban J connectivity index is 1.73. The van der Waals surface area contributed by atoms with Gasteiger partial charge in [-0.05, 0) is 23.8 Å². The fourth-order valence-electron chi connectivity index (χ4n) is 3.32. The van der Waals surface area contributed by atoms with Crippen molar-refractivity contribution in [2.75, 3.05) is 18.6 Å². The van der Waals surface area contributed by atoms with Crippen LogP contribution in [0.2, 0.25) is 0 Å². The lowest BCUT2D eigenvalue weighted by atomic mass is 9.83. The highest BCUT2D eigenvalue weighted by Gasteiger charge is 2.38. The summed E-state index contributed by atoms with van der Waals surface area (Å²) in [6, 6.07) is 10.4. The van der Waals surface area contributed by atoms with Crippen LogP contribution in [0, 0.1) is 11.6 Å². The van der Waals surface area contributed by atoms with E-state index in [2.05, 4.69) is 0 Å². The van der Waals surface area contributed by atoms with Gasteiger partial charge >= 0.3 is 5.97 Å². The number of ether oxygens (including phenoxy) is 1. The van der Waals surface area contributed by atoms with Crippen molar-refractivity contribution in [2.45, 2.75) is 19.3 Å². The van der Waals surface area contributed by atoms with Crippen LogP contribution in [0.4, 0.5) is 14.5 Å². The third kappa shape index (κ3) is 3.47. The van der Waals surface area contributed by atoms with Gasteiger partial charge in [0.1, 0.15) is 11.6 Å². The molecule has 0 saturated carbocycles. The van der Waals surface area contributed by atoms with Crippen LogP contribution in [-0.4, -0.2) is 25.4 Å². The van der Waals surface area contributed by atoms with Gasteiger partial charge in [-0.2, -0.15) is 0 Å². The van der Waals surface area contributed by atoms with Crippen LogP contribution in [0.5, 0.6) is 0 Å². The average Bonchev–Trinajstić information content (AvgIpc) is 2.81. The summed E-state index contributed by atoms with van der Waals surface area (Å²) < 4.78 is 31.4. The lowest BCUT2D eigenvalue weighted by molar-refractivity contribution is -0.117. The number of ketones is 1. The van der Waals surface area contributed by atoms with Gasteiger partial charge in [0.25, 0.3) is 0 Å². The van der Waals surface area contributed by atoms with E-state index in [1.807, 2.05) is 50.1 Å². The summed E-state index contributed by atoms with van der Waals surface area (Å²) in [7, 11) is 1.87. The Hall–Kier alpha value is -3.02. The molecule has 0 radical (unpaired) electrons. The van der Waals surface area contributed by atoms with Crippen LogP contribution in [0.25, 0.3) is 0 Å². The molecule has 0 fully saturated rings. The van der Waals surface area contributed by atoms with E-state index in [9.17, 15) is 18.4 Å². The minimum atomic E-state index is -1.03.